The first-order valence-corrected chi connectivity index (χ1v) is 10.1. The number of aromatic nitrogens is 5. The molecule has 2 N–H and O–H groups in total. The Balaban J connectivity index is 0.000000913. The number of carbonyl (C=O) groups is 2. The molecule has 0 aliphatic carbocycles. The van der Waals surface area contributed by atoms with E-state index in [1.165, 1.54) is 0 Å². The first kappa shape index (κ1) is 23.0. The lowest BCUT2D eigenvalue weighted by Crippen LogP contribution is -2.17. The Morgan fingerprint density at radius 3 is 2.41 bits per heavy atom. The molecular formula is C22H23ClN6O3. The average Bonchev–Trinajstić information content (AvgIpc) is 3.23. The summed E-state index contributed by atoms with van der Waals surface area (Å²) in [7, 11) is 0. The number of benzene rings is 1. The average molecular weight is 455 g/mol. The van der Waals surface area contributed by atoms with Crippen molar-refractivity contribution in [3.05, 3.63) is 75.3 Å². The third-order valence-electron chi connectivity index (χ3n) is 4.69. The highest BCUT2D eigenvalue weighted by atomic mass is 35.5. The van der Waals surface area contributed by atoms with E-state index in [0.717, 1.165) is 22.6 Å². The van der Waals surface area contributed by atoms with Crippen LogP contribution < -0.4 is 5.32 Å². The van der Waals surface area contributed by atoms with Gasteiger partial charge in [0.25, 0.3) is 12.4 Å². The Hall–Kier alpha value is -3.72. The summed E-state index contributed by atoms with van der Waals surface area (Å²) < 4.78 is 3.47. The van der Waals surface area contributed by atoms with Crippen LogP contribution in [-0.4, -0.2) is 41.9 Å². The monoisotopic (exact) mass is 454 g/mol. The van der Waals surface area contributed by atoms with Gasteiger partial charge >= 0.3 is 0 Å². The molecule has 4 aromatic rings. The molecule has 32 heavy (non-hydrogen) atoms. The van der Waals surface area contributed by atoms with Crippen LogP contribution in [0.1, 0.15) is 38.7 Å². The van der Waals surface area contributed by atoms with E-state index < -0.39 is 0 Å². The number of halogens is 1. The maximum atomic E-state index is 13.1. The van der Waals surface area contributed by atoms with Gasteiger partial charge in [0.05, 0.1) is 17.9 Å². The van der Waals surface area contributed by atoms with Gasteiger partial charge < -0.3 is 10.4 Å². The highest BCUT2D eigenvalue weighted by Gasteiger charge is 2.21. The van der Waals surface area contributed by atoms with Crippen LogP contribution in [0.15, 0.2) is 36.4 Å². The molecule has 3 heterocycles. The number of aryl methyl sites for hydroxylation is 4. The molecule has 0 unspecified atom stereocenters. The largest absolute Gasteiger partial charge is 0.483 e. The van der Waals surface area contributed by atoms with Crippen molar-refractivity contribution in [2.75, 3.05) is 5.32 Å². The van der Waals surface area contributed by atoms with E-state index in [9.17, 15) is 4.79 Å². The summed E-state index contributed by atoms with van der Waals surface area (Å²) in [4.78, 5) is 26.0. The molecule has 0 fully saturated rings. The van der Waals surface area contributed by atoms with Gasteiger partial charge in [0.2, 0.25) is 0 Å². The second kappa shape index (κ2) is 9.61. The van der Waals surface area contributed by atoms with Gasteiger partial charge in [-0.15, -0.1) is 0 Å². The second-order valence-corrected chi connectivity index (χ2v) is 7.69. The number of nitrogens with zero attached hydrogens (tertiary/aromatic N) is 5. The Labute approximate surface area is 189 Å². The third kappa shape index (κ3) is 4.94. The zero-order valence-corrected chi connectivity index (χ0v) is 18.9. The van der Waals surface area contributed by atoms with Gasteiger partial charge in [0.1, 0.15) is 11.4 Å². The molecule has 10 heteroatoms. The number of rotatable bonds is 4. The maximum Gasteiger partial charge on any atom is 0.290 e. The summed E-state index contributed by atoms with van der Waals surface area (Å²) in [6, 6.07) is 11.3. The van der Waals surface area contributed by atoms with E-state index in [4.69, 9.17) is 21.5 Å². The van der Waals surface area contributed by atoms with Crippen LogP contribution in [0, 0.1) is 27.7 Å². The molecule has 0 spiro atoms. The van der Waals surface area contributed by atoms with Crippen molar-refractivity contribution in [3.63, 3.8) is 0 Å². The predicted octanol–water partition coefficient (Wildman–Crippen LogP) is 3.81. The number of nitrogens with one attached hydrogen (secondary N) is 1. The normalized spacial score (nSPS) is 10.5. The zero-order chi connectivity index (χ0) is 23.4. The topological polar surface area (TPSA) is 114 Å². The van der Waals surface area contributed by atoms with Crippen LogP contribution in [-0.2, 0) is 11.3 Å². The molecule has 166 valence electrons. The fraction of sp³-hybridized carbons (Fsp3) is 0.227. The van der Waals surface area contributed by atoms with Crippen molar-refractivity contribution in [2.24, 2.45) is 0 Å². The molecule has 9 nitrogen and oxygen atoms in total. The Kier molecular flexibility index (Phi) is 6.89. The summed E-state index contributed by atoms with van der Waals surface area (Å²) in [5, 5.41) is 19.5. The van der Waals surface area contributed by atoms with Crippen LogP contribution in [0.2, 0.25) is 5.02 Å². The number of carboxylic acid groups (broad SMARTS) is 1. The van der Waals surface area contributed by atoms with Crippen LogP contribution in [0.3, 0.4) is 0 Å². The van der Waals surface area contributed by atoms with E-state index in [-0.39, 0.29) is 12.4 Å². The summed E-state index contributed by atoms with van der Waals surface area (Å²) in [5.41, 5.74) is 5.27. The third-order valence-corrected chi connectivity index (χ3v) is 4.94. The molecule has 0 aliphatic rings. The van der Waals surface area contributed by atoms with Gasteiger partial charge in [-0.1, -0.05) is 23.7 Å². The van der Waals surface area contributed by atoms with E-state index in [1.807, 2.05) is 64.1 Å². The van der Waals surface area contributed by atoms with Crippen LogP contribution in [0.5, 0.6) is 0 Å². The number of fused-ring (bicyclic) bond motifs is 1. The Morgan fingerprint density at radius 1 is 1.09 bits per heavy atom. The minimum Gasteiger partial charge on any atom is -0.483 e. The van der Waals surface area contributed by atoms with Gasteiger partial charge in [-0.25, -0.2) is 14.2 Å². The van der Waals surface area contributed by atoms with E-state index >= 15 is 0 Å². The fourth-order valence-electron chi connectivity index (χ4n) is 3.40. The van der Waals surface area contributed by atoms with Crippen molar-refractivity contribution in [3.8, 4) is 0 Å². The highest BCUT2D eigenvalue weighted by Crippen LogP contribution is 2.20. The molecular weight excluding hydrogens is 432 g/mol. The van der Waals surface area contributed by atoms with Gasteiger partial charge in [-0.05, 0) is 51.5 Å². The predicted molar refractivity (Wildman–Crippen MR) is 121 cm³/mol. The summed E-state index contributed by atoms with van der Waals surface area (Å²) in [6.07, 6.45) is 0. The Bertz CT molecular complexity index is 1280. The zero-order valence-electron chi connectivity index (χ0n) is 18.1. The molecule has 0 saturated heterocycles. The minimum absolute atomic E-state index is 0.250. The van der Waals surface area contributed by atoms with Crippen LogP contribution in [0.4, 0.5) is 5.82 Å². The summed E-state index contributed by atoms with van der Waals surface area (Å²) >= 11 is 5.97. The smallest absolute Gasteiger partial charge is 0.290 e. The summed E-state index contributed by atoms with van der Waals surface area (Å²) in [5.74, 6) is 0.359. The molecule has 0 aliphatic heterocycles. The van der Waals surface area contributed by atoms with Crippen molar-refractivity contribution >= 4 is 35.4 Å². The van der Waals surface area contributed by atoms with Crippen LogP contribution >= 0.6 is 11.6 Å². The first-order chi connectivity index (χ1) is 15.2. The first-order valence-electron chi connectivity index (χ1n) is 9.75. The van der Waals surface area contributed by atoms with Crippen molar-refractivity contribution in [1.29, 1.82) is 0 Å². The SMILES string of the molecule is Cc1cc(C)n2nc(C)c(C(=O)Nc3cc(C)nn3Cc3ccc(Cl)cc3)c2n1.O=CO. The van der Waals surface area contributed by atoms with Crippen molar-refractivity contribution in [2.45, 2.75) is 34.2 Å². The molecule has 0 atom stereocenters. The maximum absolute atomic E-state index is 13.1. The Morgan fingerprint density at radius 2 is 1.75 bits per heavy atom. The molecule has 0 bridgehead atoms. The van der Waals surface area contributed by atoms with Crippen molar-refractivity contribution < 1.29 is 14.7 Å². The number of hydrogen-bond donors (Lipinski definition) is 2. The number of amides is 1. The van der Waals surface area contributed by atoms with E-state index in [0.29, 0.717) is 34.3 Å². The quantitative estimate of drug-likeness (QED) is 0.453. The molecule has 1 aromatic carbocycles. The van der Waals surface area contributed by atoms with Crippen LogP contribution in [0.25, 0.3) is 5.65 Å². The van der Waals surface area contributed by atoms with Gasteiger partial charge in [0.15, 0.2) is 5.65 Å². The highest BCUT2D eigenvalue weighted by molar-refractivity contribution is 6.30. The lowest BCUT2D eigenvalue weighted by molar-refractivity contribution is -0.122. The lowest BCUT2D eigenvalue weighted by Gasteiger charge is -2.09. The van der Waals surface area contributed by atoms with Crippen molar-refractivity contribution in [1.82, 2.24) is 24.4 Å². The molecule has 0 saturated carbocycles. The van der Waals surface area contributed by atoms with Gasteiger partial charge in [-0.3, -0.25) is 9.59 Å². The van der Waals surface area contributed by atoms with E-state index in [2.05, 4.69) is 20.5 Å². The van der Waals surface area contributed by atoms with Gasteiger partial charge in [-0.2, -0.15) is 10.2 Å². The molecule has 3 aromatic heterocycles. The summed E-state index contributed by atoms with van der Waals surface area (Å²) in [6.45, 7) is 7.82. The molecule has 0 radical (unpaired) electrons. The number of anilines is 1. The fourth-order valence-corrected chi connectivity index (χ4v) is 3.53. The number of hydrogen-bond acceptors (Lipinski definition) is 5. The number of carbonyl (C=O) groups excluding carboxylic acids is 1. The molecule has 1 amide bonds. The minimum atomic E-state index is -0.257. The second-order valence-electron chi connectivity index (χ2n) is 7.25. The standard InChI is InChI=1S/C21H21ClN6O.CH2O2/c1-12-9-14(3)28-20(23-12)19(15(4)26-28)21(29)24-18-10-13(2)25-27(18)11-16-5-7-17(22)8-6-16;2-1-3/h5-10H,11H2,1-4H3,(H,24,29);1H,(H,2,3). The van der Waals surface area contributed by atoms with E-state index in [1.54, 1.807) is 9.20 Å². The lowest BCUT2D eigenvalue weighted by atomic mass is 10.2. The molecule has 4 rings (SSSR count). The van der Waals surface area contributed by atoms with Gasteiger partial charge in [0, 0.05) is 22.5 Å².